The quantitative estimate of drug-likeness (QED) is 0.208. The van der Waals surface area contributed by atoms with Crippen LogP contribution in [0.15, 0.2) is 34.6 Å². The molecule has 1 aromatic carbocycles. The second-order valence-electron chi connectivity index (χ2n) is 6.41. The fraction of sp³-hybridized carbons (Fsp3) is 0.450. The molecular weight excluding hydrogens is 537 g/mol. The lowest BCUT2D eigenvalue weighted by Crippen LogP contribution is -2.39. The molecule has 2 aromatic rings. The van der Waals surface area contributed by atoms with E-state index >= 15 is 0 Å². The van der Waals surface area contributed by atoms with Crippen molar-refractivity contribution in [3.8, 4) is 0 Å². The summed E-state index contributed by atoms with van der Waals surface area (Å²) in [5.41, 5.74) is 1.55. The van der Waals surface area contributed by atoms with Gasteiger partial charge in [0, 0.05) is 43.2 Å². The Balaban J connectivity index is 0.00000450. The summed E-state index contributed by atoms with van der Waals surface area (Å²) in [5.74, 6) is 0.625. The zero-order valence-corrected chi connectivity index (χ0v) is 21.5. The molecule has 0 aliphatic heterocycles. The summed E-state index contributed by atoms with van der Waals surface area (Å²) >= 11 is 7.44. The second kappa shape index (κ2) is 13.8. The number of benzene rings is 1. The molecule has 0 aliphatic carbocycles. The van der Waals surface area contributed by atoms with E-state index in [9.17, 15) is 4.79 Å². The number of ether oxygens (including phenoxy) is 1. The Morgan fingerprint density at radius 1 is 1.33 bits per heavy atom. The molecule has 1 unspecified atom stereocenters. The highest BCUT2D eigenvalue weighted by atomic mass is 127. The average Bonchev–Trinajstić information content (AvgIpc) is 3.18. The van der Waals surface area contributed by atoms with E-state index in [4.69, 9.17) is 16.3 Å². The third-order valence-electron chi connectivity index (χ3n) is 4.13. The summed E-state index contributed by atoms with van der Waals surface area (Å²) in [7, 11) is 3.64. The molecule has 10 heteroatoms. The summed E-state index contributed by atoms with van der Waals surface area (Å²) in [6.45, 7) is 6.30. The minimum absolute atomic E-state index is 0. The predicted molar refractivity (Wildman–Crippen MR) is 134 cm³/mol. The number of carbonyl (C=O) groups is 1. The monoisotopic (exact) mass is 565 g/mol. The van der Waals surface area contributed by atoms with Crippen molar-refractivity contribution in [1.29, 1.82) is 0 Å². The Labute approximate surface area is 204 Å². The first-order chi connectivity index (χ1) is 13.9. The smallest absolute Gasteiger partial charge is 0.251 e. The molecule has 30 heavy (non-hydrogen) atoms. The Morgan fingerprint density at radius 3 is 2.67 bits per heavy atom. The number of guanidine groups is 1. The molecule has 166 valence electrons. The molecule has 0 radical (unpaired) electrons. The second-order valence-corrected chi connectivity index (χ2v) is 7.74. The van der Waals surface area contributed by atoms with E-state index in [0.29, 0.717) is 30.2 Å². The van der Waals surface area contributed by atoms with Crippen LogP contribution < -0.4 is 10.6 Å². The largest absolute Gasteiger partial charge is 0.375 e. The van der Waals surface area contributed by atoms with Crippen molar-refractivity contribution in [3.63, 3.8) is 0 Å². The number of amides is 1. The highest BCUT2D eigenvalue weighted by molar-refractivity contribution is 14.0. The van der Waals surface area contributed by atoms with Crippen LogP contribution in [0.4, 0.5) is 0 Å². The summed E-state index contributed by atoms with van der Waals surface area (Å²) in [4.78, 5) is 23.4. The van der Waals surface area contributed by atoms with Crippen molar-refractivity contribution in [2.24, 2.45) is 4.99 Å². The molecule has 1 atom stereocenters. The molecular formula is C20H29ClIN5O2S. The normalized spacial score (nSPS) is 12.1. The summed E-state index contributed by atoms with van der Waals surface area (Å²) < 4.78 is 5.32. The zero-order valence-electron chi connectivity index (χ0n) is 17.6. The van der Waals surface area contributed by atoms with Gasteiger partial charge in [0.2, 0.25) is 0 Å². The number of hydrogen-bond donors (Lipinski definition) is 2. The molecule has 2 N–H and O–H groups in total. The predicted octanol–water partition coefficient (Wildman–Crippen LogP) is 3.95. The molecule has 0 saturated carbocycles. The Bertz CT molecular complexity index is 816. The van der Waals surface area contributed by atoms with E-state index in [1.165, 1.54) is 0 Å². The van der Waals surface area contributed by atoms with Gasteiger partial charge in [-0.15, -0.1) is 35.3 Å². The van der Waals surface area contributed by atoms with Gasteiger partial charge in [-0.1, -0.05) is 11.6 Å². The number of nitrogens with zero attached hydrogens (tertiary/aromatic N) is 3. The van der Waals surface area contributed by atoms with Crippen molar-refractivity contribution in [3.05, 3.63) is 50.9 Å². The van der Waals surface area contributed by atoms with E-state index in [1.54, 1.807) is 42.7 Å². The van der Waals surface area contributed by atoms with Gasteiger partial charge in [-0.05, 0) is 38.1 Å². The van der Waals surface area contributed by atoms with Gasteiger partial charge in [-0.25, -0.2) is 4.98 Å². The number of aliphatic imine (C=N–C) groups is 1. The maximum absolute atomic E-state index is 12.1. The maximum Gasteiger partial charge on any atom is 0.251 e. The minimum atomic E-state index is -0.141. The van der Waals surface area contributed by atoms with Crippen molar-refractivity contribution >= 4 is 58.8 Å². The lowest BCUT2D eigenvalue weighted by Gasteiger charge is -2.21. The number of methoxy groups -OCH3 is 1. The SMILES string of the molecule is CCNC(=NCCNC(=O)c1ccc(Cl)cc1)N(C)Cc1csc(C(C)OC)n1.I. The van der Waals surface area contributed by atoms with Crippen LogP contribution in [0.25, 0.3) is 0 Å². The maximum atomic E-state index is 12.1. The van der Waals surface area contributed by atoms with Crippen molar-refractivity contribution in [2.45, 2.75) is 26.5 Å². The number of hydrogen-bond acceptors (Lipinski definition) is 5. The molecule has 0 aliphatic rings. The Kier molecular flexibility index (Phi) is 12.2. The van der Waals surface area contributed by atoms with E-state index in [0.717, 1.165) is 23.2 Å². The lowest BCUT2D eigenvalue weighted by atomic mass is 10.2. The molecule has 0 spiro atoms. The van der Waals surface area contributed by atoms with Gasteiger partial charge in [-0.2, -0.15) is 0 Å². The average molecular weight is 566 g/mol. The van der Waals surface area contributed by atoms with Gasteiger partial charge in [-0.3, -0.25) is 9.79 Å². The summed E-state index contributed by atoms with van der Waals surface area (Å²) in [5, 5.41) is 9.74. The Morgan fingerprint density at radius 2 is 2.03 bits per heavy atom. The van der Waals surface area contributed by atoms with Crippen molar-refractivity contribution < 1.29 is 9.53 Å². The van der Waals surface area contributed by atoms with Crippen LogP contribution in [0.3, 0.4) is 0 Å². The summed E-state index contributed by atoms with van der Waals surface area (Å²) in [6.07, 6.45) is -0.00906. The summed E-state index contributed by atoms with van der Waals surface area (Å²) in [6, 6.07) is 6.80. The van der Waals surface area contributed by atoms with Crippen LogP contribution in [0.1, 0.15) is 41.0 Å². The minimum Gasteiger partial charge on any atom is -0.375 e. The number of rotatable bonds is 9. The molecule has 1 heterocycles. The van der Waals surface area contributed by atoms with Crippen LogP contribution >= 0.6 is 46.9 Å². The number of nitrogens with one attached hydrogen (secondary N) is 2. The molecule has 2 rings (SSSR count). The van der Waals surface area contributed by atoms with Gasteiger partial charge in [0.25, 0.3) is 5.91 Å². The molecule has 0 saturated heterocycles. The number of thiazole rings is 1. The van der Waals surface area contributed by atoms with Crippen LogP contribution in [-0.2, 0) is 11.3 Å². The molecule has 7 nitrogen and oxygen atoms in total. The van der Waals surface area contributed by atoms with Gasteiger partial charge < -0.3 is 20.3 Å². The first-order valence-corrected chi connectivity index (χ1v) is 10.7. The zero-order chi connectivity index (χ0) is 21.2. The van der Waals surface area contributed by atoms with E-state index in [2.05, 4.69) is 20.6 Å². The standard InChI is InChI=1S/C20H28ClN5O2S.HI/c1-5-22-20(26(3)12-17-13-29-19(25-17)14(2)28-4)24-11-10-23-18(27)15-6-8-16(21)9-7-15;/h6-9,13-14H,5,10-12H2,1-4H3,(H,22,24)(H,23,27);1H. The highest BCUT2D eigenvalue weighted by Crippen LogP contribution is 2.20. The van der Waals surface area contributed by atoms with Gasteiger partial charge in [0.15, 0.2) is 5.96 Å². The Hall–Kier alpha value is -1.43. The fourth-order valence-corrected chi connectivity index (χ4v) is 3.47. The third-order valence-corrected chi connectivity index (χ3v) is 5.44. The fourth-order valence-electron chi connectivity index (χ4n) is 2.50. The van der Waals surface area contributed by atoms with Crippen LogP contribution in [0, 0.1) is 0 Å². The topological polar surface area (TPSA) is 78.9 Å². The van der Waals surface area contributed by atoms with Gasteiger partial charge in [0.1, 0.15) is 11.1 Å². The molecule has 1 aromatic heterocycles. The number of aromatic nitrogens is 1. The number of halogens is 2. The van der Waals surface area contributed by atoms with E-state index in [1.807, 2.05) is 31.2 Å². The van der Waals surface area contributed by atoms with Crippen molar-refractivity contribution in [2.75, 3.05) is 33.8 Å². The van der Waals surface area contributed by atoms with Crippen molar-refractivity contribution in [1.82, 2.24) is 20.5 Å². The van der Waals surface area contributed by atoms with E-state index < -0.39 is 0 Å². The third kappa shape index (κ3) is 8.37. The van der Waals surface area contributed by atoms with Gasteiger partial charge >= 0.3 is 0 Å². The molecule has 0 fully saturated rings. The first-order valence-electron chi connectivity index (χ1n) is 9.44. The van der Waals surface area contributed by atoms with Crippen LogP contribution in [-0.4, -0.2) is 55.5 Å². The molecule has 0 bridgehead atoms. The molecule has 1 amide bonds. The van der Waals surface area contributed by atoms with Crippen LogP contribution in [0.5, 0.6) is 0 Å². The van der Waals surface area contributed by atoms with Gasteiger partial charge in [0.05, 0.1) is 18.8 Å². The lowest BCUT2D eigenvalue weighted by molar-refractivity contribution is 0.0954. The number of carbonyl (C=O) groups excluding carboxylic acids is 1. The highest BCUT2D eigenvalue weighted by Gasteiger charge is 2.12. The first kappa shape index (κ1) is 26.6. The van der Waals surface area contributed by atoms with E-state index in [-0.39, 0.29) is 36.0 Å². The van der Waals surface area contributed by atoms with Crippen LogP contribution in [0.2, 0.25) is 5.02 Å².